The van der Waals surface area contributed by atoms with Crippen molar-refractivity contribution in [2.24, 2.45) is 7.05 Å². The van der Waals surface area contributed by atoms with Crippen LogP contribution in [0.15, 0.2) is 38.9 Å². The number of methoxy groups -OCH3 is 1. The van der Waals surface area contributed by atoms with E-state index in [4.69, 9.17) is 9.15 Å². The second-order valence-corrected chi connectivity index (χ2v) is 5.39. The van der Waals surface area contributed by atoms with Gasteiger partial charge in [0.2, 0.25) is 0 Å². The van der Waals surface area contributed by atoms with Crippen LogP contribution in [0, 0.1) is 0 Å². The molecule has 2 aromatic heterocycles. The van der Waals surface area contributed by atoms with Gasteiger partial charge in [-0.15, -0.1) is 11.3 Å². The number of ether oxygens (including phenoxy) is 1. The second-order valence-electron chi connectivity index (χ2n) is 4.45. The Balaban J connectivity index is 2.03. The van der Waals surface area contributed by atoms with E-state index in [2.05, 4.69) is 0 Å². The fraction of sp³-hybridized carbons (Fsp3) is 0.214. The molecule has 0 saturated carbocycles. The molecule has 1 unspecified atom stereocenters. The Labute approximate surface area is 118 Å². The van der Waals surface area contributed by atoms with Crippen LogP contribution in [0.25, 0.3) is 11.1 Å². The number of rotatable bonds is 3. The van der Waals surface area contributed by atoms with Gasteiger partial charge in [-0.1, -0.05) is 6.07 Å². The van der Waals surface area contributed by atoms with Gasteiger partial charge < -0.3 is 14.3 Å². The minimum Gasteiger partial charge on any atom is -0.496 e. The van der Waals surface area contributed by atoms with Gasteiger partial charge in [0.25, 0.3) is 0 Å². The highest BCUT2D eigenvalue weighted by molar-refractivity contribution is 7.10. The van der Waals surface area contributed by atoms with Crippen LogP contribution in [-0.2, 0) is 7.05 Å². The number of hydrogen-bond acceptors (Lipinski definition) is 5. The van der Waals surface area contributed by atoms with Crippen molar-refractivity contribution in [3.63, 3.8) is 0 Å². The van der Waals surface area contributed by atoms with E-state index >= 15 is 0 Å². The summed E-state index contributed by atoms with van der Waals surface area (Å²) in [5, 5.41) is 12.2. The topological polar surface area (TPSA) is 64.6 Å². The molecular weight excluding hydrogens is 278 g/mol. The lowest BCUT2D eigenvalue weighted by Gasteiger charge is -2.08. The van der Waals surface area contributed by atoms with Crippen molar-refractivity contribution in [3.8, 4) is 5.75 Å². The van der Waals surface area contributed by atoms with Crippen molar-refractivity contribution >= 4 is 22.4 Å². The van der Waals surface area contributed by atoms with Gasteiger partial charge >= 0.3 is 5.76 Å². The third-order valence-electron chi connectivity index (χ3n) is 3.23. The molecule has 104 valence electrons. The molecule has 20 heavy (non-hydrogen) atoms. The maximum absolute atomic E-state index is 11.5. The Morgan fingerprint density at radius 1 is 1.40 bits per heavy atom. The summed E-state index contributed by atoms with van der Waals surface area (Å²) in [4.78, 5) is 12.2. The fourth-order valence-corrected chi connectivity index (χ4v) is 2.94. The molecule has 1 N–H and O–H groups in total. The zero-order chi connectivity index (χ0) is 14.3. The molecule has 1 aromatic carbocycles. The summed E-state index contributed by atoms with van der Waals surface area (Å²) >= 11 is 1.42. The summed E-state index contributed by atoms with van der Waals surface area (Å²) in [7, 11) is 3.23. The van der Waals surface area contributed by atoms with Crippen LogP contribution in [0.2, 0.25) is 0 Å². The Morgan fingerprint density at radius 3 is 2.90 bits per heavy atom. The molecule has 3 rings (SSSR count). The first-order valence-corrected chi connectivity index (χ1v) is 6.88. The third kappa shape index (κ3) is 2.03. The van der Waals surface area contributed by atoms with Crippen LogP contribution in [-0.4, -0.2) is 16.8 Å². The lowest BCUT2D eigenvalue weighted by atomic mass is 10.1. The molecule has 6 heteroatoms. The lowest BCUT2D eigenvalue weighted by Crippen LogP contribution is -2.08. The summed E-state index contributed by atoms with van der Waals surface area (Å²) in [6.07, 6.45) is -0.765. The van der Waals surface area contributed by atoms with Crippen molar-refractivity contribution in [3.05, 3.63) is 50.6 Å². The van der Waals surface area contributed by atoms with Crippen LogP contribution in [0.5, 0.6) is 5.75 Å². The number of thiophene rings is 1. The van der Waals surface area contributed by atoms with Gasteiger partial charge in [-0.05, 0) is 23.8 Å². The summed E-state index contributed by atoms with van der Waals surface area (Å²) in [5.41, 5.74) is 1.85. The number of aryl methyl sites for hydroxylation is 1. The number of aromatic nitrogens is 1. The highest BCUT2D eigenvalue weighted by atomic mass is 32.1. The van der Waals surface area contributed by atoms with E-state index in [1.165, 1.54) is 15.9 Å². The van der Waals surface area contributed by atoms with Crippen LogP contribution < -0.4 is 10.5 Å². The molecule has 0 radical (unpaired) electrons. The van der Waals surface area contributed by atoms with Crippen LogP contribution in [0.4, 0.5) is 0 Å². The van der Waals surface area contributed by atoms with Crippen LogP contribution in [0.3, 0.4) is 0 Å². The van der Waals surface area contributed by atoms with Gasteiger partial charge in [-0.25, -0.2) is 4.79 Å². The molecule has 0 aliphatic carbocycles. The van der Waals surface area contributed by atoms with Gasteiger partial charge in [-0.3, -0.25) is 4.57 Å². The van der Waals surface area contributed by atoms with Crippen molar-refractivity contribution in [2.45, 2.75) is 6.10 Å². The second kappa shape index (κ2) is 4.81. The lowest BCUT2D eigenvalue weighted by molar-refractivity contribution is 0.224. The SMILES string of the molecule is COc1csc(C(O)c2ccc3c(c2)oc(=O)n3C)c1. The van der Waals surface area contributed by atoms with E-state index < -0.39 is 11.9 Å². The molecular formula is C14H13NO4S. The molecule has 0 bridgehead atoms. The van der Waals surface area contributed by atoms with Crippen molar-refractivity contribution in [1.29, 1.82) is 0 Å². The van der Waals surface area contributed by atoms with Gasteiger partial charge in [0, 0.05) is 17.3 Å². The number of aliphatic hydroxyl groups excluding tert-OH is 1. The van der Waals surface area contributed by atoms with Gasteiger partial charge in [-0.2, -0.15) is 0 Å². The summed E-state index contributed by atoms with van der Waals surface area (Å²) < 4.78 is 11.7. The Bertz CT molecular complexity index is 814. The molecule has 0 aliphatic rings. The smallest absolute Gasteiger partial charge is 0.419 e. The first-order valence-electron chi connectivity index (χ1n) is 6.00. The van der Waals surface area contributed by atoms with Crippen LogP contribution in [0.1, 0.15) is 16.5 Å². The number of benzene rings is 1. The molecule has 0 fully saturated rings. The largest absolute Gasteiger partial charge is 0.496 e. The van der Waals surface area contributed by atoms with Gasteiger partial charge in [0.05, 0.1) is 12.6 Å². The Kier molecular flexibility index (Phi) is 3.11. The molecule has 1 atom stereocenters. The van der Waals surface area contributed by atoms with Crippen molar-refractivity contribution in [1.82, 2.24) is 4.57 Å². The molecule has 0 spiro atoms. The normalized spacial score (nSPS) is 12.8. The van der Waals surface area contributed by atoms with Crippen molar-refractivity contribution in [2.75, 3.05) is 7.11 Å². The van der Waals surface area contributed by atoms with Crippen LogP contribution >= 0.6 is 11.3 Å². The predicted octanol–water partition coefficient (Wildman–Crippen LogP) is 2.28. The number of hydrogen-bond donors (Lipinski definition) is 1. The average Bonchev–Trinajstić information content (AvgIpc) is 3.04. The Hall–Kier alpha value is -2.05. The fourth-order valence-electron chi connectivity index (χ4n) is 2.07. The predicted molar refractivity (Wildman–Crippen MR) is 76.4 cm³/mol. The summed E-state index contributed by atoms with van der Waals surface area (Å²) in [6.45, 7) is 0. The molecule has 0 saturated heterocycles. The highest BCUT2D eigenvalue weighted by Crippen LogP contribution is 2.31. The monoisotopic (exact) mass is 291 g/mol. The zero-order valence-corrected chi connectivity index (χ0v) is 11.8. The third-order valence-corrected chi connectivity index (χ3v) is 4.20. The molecule has 2 heterocycles. The maximum atomic E-state index is 11.5. The molecule has 0 aliphatic heterocycles. The number of fused-ring (bicyclic) bond motifs is 1. The van der Waals surface area contributed by atoms with E-state index in [9.17, 15) is 9.90 Å². The standard InChI is InChI=1S/C14H13NO4S/c1-15-10-4-3-8(5-11(10)19-14(15)17)13(16)12-6-9(18-2)7-20-12/h3-7,13,16H,1-2H3. The van der Waals surface area contributed by atoms with E-state index in [0.717, 1.165) is 10.6 Å². The van der Waals surface area contributed by atoms with E-state index in [-0.39, 0.29) is 0 Å². The first-order chi connectivity index (χ1) is 9.60. The minimum atomic E-state index is -0.765. The average molecular weight is 291 g/mol. The van der Waals surface area contributed by atoms with Gasteiger partial charge in [0.1, 0.15) is 11.9 Å². The zero-order valence-electron chi connectivity index (χ0n) is 11.0. The summed E-state index contributed by atoms with van der Waals surface area (Å²) in [6, 6.07) is 7.03. The van der Waals surface area contributed by atoms with E-state index in [1.807, 2.05) is 5.38 Å². The molecule has 5 nitrogen and oxygen atoms in total. The molecule has 3 aromatic rings. The van der Waals surface area contributed by atoms with Crippen molar-refractivity contribution < 1.29 is 14.3 Å². The number of oxazole rings is 1. The minimum absolute atomic E-state index is 0.413. The number of aliphatic hydroxyl groups is 1. The van der Waals surface area contributed by atoms with E-state index in [1.54, 1.807) is 38.4 Å². The highest BCUT2D eigenvalue weighted by Gasteiger charge is 2.15. The first kappa shape index (κ1) is 13.0. The quantitative estimate of drug-likeness (QED) is 0.804. The molecule has 0 amide bonds. The van der Waals surface area contributed by atoms with E-state index in [0.29, 0.717) is 16.7 Å². The Morgan fingerprint density at radius 2 is 2.20 bits per heavy atom. The van der Waals surface area contributed by atoms with Gasteiger partial charge in [0.15, 0.2) is 5.58 Å². The number of nitrogens with zero attached hydrogens (tertiary/aromatic N) is 1. The summed E-state index contributed by atoms with van der Waals surface area (Å²) in [5.74, 6) is 0.306. The maximum Gasteiger partial charge on any atom is 0.419 e.